The Morgan fingerprint density at radius 1 is 1.28 bits per heavy atom. The zero-order valence-electron chi connectivity index (χ0n) is 15.2. The molecule has 5 heteroatoms. The van der Waals surface area contributed by atoms with Crippen LogP contribution in [-0.2, 0) is 9.59 Å². The summed E-state index contributed by atoms with van der Waals surface area (Å²) in [5.74, 6) is 0.172. The minimum Gasteiger partial charge on any atom is -0.355 e. The molecule has 1 aromatic rings. The van der Waals surface area contributed by atoms with E-state index >= 15 is 0 Å². The molecular weight excluding hydrogens is 336 g/mol. The van der Waals surface area contributed by atoms with Gasteiger partial charge in [0.2, 0.25) is 11.8 Å². The highest BCUT2D eigenvalue weighted by Crippen LogP contribution is 2.36. The molecule has 1 fully saturated rings. The van der Waals surface area contributed by atoms with Gasteiger partial charge in [-0.1, -0.05) is 50.4 Å². The minimum absolute atomic E-state index is 0.00401. The normalized spacial score (nSPS) is 17.1. The molecule has 25 heavy (non-hydrogen) atoms. The Bertz CT molecular complexity index is 585. The number of amides is 2. The van der Waals surface area contributed by atoms with Crippen molar-refractivity contribution in [2.75, 3.05) is 6.54 Å². The van der Waals surface area contributed by atoms with E-state index < -0.39 is 0 Å². The van der Waals surface area contributed by atoms with Crippen LogP contribution >= 0.6 is 11.6 Å². The Labute approximate surface area is 155 Å². The lowest BCUT2D eigenvalue weighted by atomic mass is 9.91. The lowest BCUT2D eigenvalue weighted by Gasteiger charge is -2.27. The number of rotatable bonds is 8. The fraction of sp³-hybridized carbons (Fsp3) is 0.600. The second-order valence-electron chi connectivity index (χ2n) is 7.04. The predicted octanol–water partition coefficient (Wildman–Crippen LogP) is 4.24. The van der Waals surface area contributed by atoms with Crippen molar-refractivity contribution in [1.82, 2.24) is 10.6 Å². The number of halogens is 1. The van der Waals surface area contributed by atoms with E-state index in [1.807, 2.05) is 38.1 Å². The molecule has 138 valence electrons. The molecule has 0 spiro atoms. The van der Waals surface area contributed by atoms with Crippen LogP contribution in [0.15, 0.2) is 24.3 Å². The van der Waals surface area contributed by atoms with Gasteiger partial charge in [-0.25, -0.2) is 0 Å². The molecule has 0 aromatic heterocycles. The molecule has 0 bridgehead atoms. The molecule has 2 atom stereocenters. The molecule has 1 saturated carbocycles. The molecule has 1 aromatic carbocycles. The van der Waals surface area contributed by atoms with E-state index in [9.17, 15) is 9.59 Å². The third-order valence-corrected chi connectivity index (χ3v) is 5.14. The van der Waals surface area contributed by atoms with Crippen molar-refractivity contribution in [2.24, 2.45) is 11.8 Å². The van der Waals surface area contributed by atoms with E-state index in [4.69, 9.17) is 11.6 Å². The maximum Gasteiger partial charge on any atom is 0.225 e. The monoisotopic (exact) mass is 364 g/mol. The van der Waals surface area contributed by atoms with Crippen LogP contribution in [0.5, 0.6) is 0 Å². The molecule has 0 heterocycles. The number of hydrogen-bond donors (Lipinski definition) is 2. The van der Waals surface area contributed by atoms with E-state index in [-0.39, 0.29) is 23.8 Å². The topological polar surface area (TPSA) is 58.2 Å². The van der Waals surface area contributed by atoms with Crippen molar-refractivity contribution in [2.45, 2.75) is 58.4 Å². The maximum absolute atomic E-state index is 12.6. The number of carbonyl (C=O) groups is 2. The molecule has 2 rings (SSSR count). The van der Waals surface area contributed by atoms with Crippen molar-refractivity contribution >= 4 is 23.4 Å². The second kappa shape index (κ2) is 9.81. The third-order valence-electron chi connectivity index (χ3n) is 4.91. The van der Waals surface area contributed by atoms with Crippen LogP contribution < -0.4 is 10.6 Å². The van der Waals surface area contributed by atoms with Crippen LogP contribution in [0.4, 0.5) is 0 Å². The lowest BCUT2D eigenvalue weighted by molar-refractivity contribution is -0.126. The van der Waals surface area contributed by atoms with Gasteiger partial charge in [-0.3, -0.25) is 9.59 Å². The smallest absolute Gasteiger partial charge is 0.225 e. The predicted molar refractivity (Wildman–Crippen MR) is 101 cm³/mol. The van der Waals surface area contributed by atoms with Crippen molar-refractivity contribution in [3.63, 3.8) is 0 Å². The quantitative estimate of drug-likeness (QED) is 0.724. The van der Waals surface area contributed by atoms with Gasteiger partial charge in [0.25, 0.3) is 0 Å². The van der Waals surface area contributed by atoms with Crippen LogP contribution in [0, 0.1) is 11.8 Å². The summed E-state index contributed by atoms with van der Waals surface area (Å²) < 4.78 is 0. The first-order valence-electron chi connectivity index (χ1n) is 9.33. The van der Waals surface area contributed by atoms with Crippen LogP contribution in [0.2, 0.25) is 5.02 Å². The number of nitrogens with one attached hydrogen (secondary N) is 2. The highest BCUT2D eigenvalue weighted by molar-refractivity contribution is 6.30. The van der Waals surface area contributed by atoms with E-state index in [1.54, 1.807) is 0 Å². The van der Waals surface area contributed by atoms with E-state index in [0.29, 0.717) is 23.9 Å². The first kappa shape index (κ1) is 19.8. The molecule has 2 N–H and O–H groups in total. The molecule has 1 unspecified atom stereocenters. The van der Waals surface area contributed by atoms with Crippen LogP contribution in [0.1, 0.15) is 64.0 Å². The number of benzene rings is 1. The average Bonchev–Trinajstić information content (AvgIpc) is 3.11. The van der Waals surface area contributed by atoms with Gasteiger partial charge in [0.05, 0.1) is 12.0 Å². The Hall–Kier alpha value is -1.55. The van der Waals surface area contributed by atoms with Gasteiger partial charge in [-0.15, -0.1) is 0 Å². The first-order valence-corrected chi connectivity index (χ1v) is 9.71. The SMILES string of the molecule is CCCC(=O)NC[C@H](C)C(=O)NC(c1cccc(Cl)c1)C1CCCC1. The summed E-state index contributed by atoms with van der Waals surface area (Å²) in [6, 6.07) is 7.74. The maximum atomic E-state index is 12.6. The Morgan fingerprint density at radius 2 is 2.00 bits per heavy atom. The standard InChI is InChI=1S/C20H29ClN2O2/c1-3-7-18(24)22-13-14(2)20(25)23-19(15-8-4-5-9-15)16-10-6-11-17(21)12-16/h6,10-12,14-15,19H,3-5,7-9,13H2,1-2H3,(H,22,24)(H,23,25)/t14-,19?/m0/s1. The minimum atomic E-state index is -0.260. The Kier molecular flexibility index (Phi) is 7.76. The van der Waals surface area contributed by atoms with Gasteiger partial charge in [0, 0.05) is 18.0 Å². The van der Waals surface area contributed by atoms with E-state index in [0.717, 1.165) is 24.8 Å². The average molecular weight is 365 g/mol. The van der Waals surface area contributed by atoms with Crippen molar-refractivity contribution in [1.29, 1.82) is 0 Å². The molecule has 0 aliphatic heterocycles. The summed E-state index contributed by atoms with van der Waals surface area (Å²) in [5.41, 5.74) is 1.06. The van der Waals surface area contributed by atoms with Crippen molar-refractivity contribution in [3.05, 3.63) is 34.9 Å². The number of carbonyl (C=O) groups excluding carboxylic acids is 2. The summed E-state index contributed by atoms with van der Waals surface area (Å²) in [6.07, 6.45) is 5.98. The Morgan fingerprint density at radius 3 is 2.64 bits per heavy atom. The lowest BCUT2D eigenvalue weighted by Crippen LogP contribution is -2.40. The van der Waals surface area contributed by atoms with Gasteiger partial charge in [0.1, 0.15) is 0 Å². The molecule has 0 radical (unpaired) electrons. The molecule has 0 saturated heterocycles. The van der Waals surface area contributed by atoms with E-state index in [1.165, 1.54) is 12.8 Å². The molecule has 2 amide bonds. The molecule has 4 nitrogen and oxygen atoms in total. The first-order chi connectivity index (χ1) is 12.0. The second-order valence-corrected chi connectivity index (χ2v) is 7.48. The summed E-state index contributed by atoms with van der Waals surface area (Å²) in [5, 5.41) is 6.73. The van der Waals surface area contributed by atoms with Gasteiger partial charge in [-0.05, 0) is 42.9 Å². The van der Waals surface area contributed by atoms with Crippen molar-refractivity contribution < 1.29 is 9.59 Å². The highest BCUT2D eigenvalue weighted by atomic mass is 35.5. The van der Waals surface area contributed by atoms with Crippen LogP contribution in [-0.4, -0.2) is 18.4 Å². The third kappa shape index (κ3) is 6.03. The van der Waals surface area contributed by atoms with Crippen LogP contribution in [0.25, 0.3) is 0 Å². The molecular formula is C20H29ClN2O2. The molecule has 1 aliphatic carbocycles. The van der Waals surface area contributed by atoms with Gasteiger partial charge < -0.3 is 10.6 Å². The largest absolute Gasteiger partial charge is 0.355 e. The Balaban J connectivity index is 2.00. The van der Waals surface area contributed by atoms with E-state index in [2.05, 4.69) is 10.6 Å². The van der Waals surface area contributed by atoms with Gasteiger partial charge in [0.15, 0.2) is 0 Å². The summed E-state index contributed by atoms with van der Waals surface area (Å²) in [7, 11) is 0. The van der Waals surface area contributed by atoms with Gasteiger partial charge in [-0.2, -0.15) is 0 Å². The highest BCUT2D eigenvalue weighted by Gasteiger charge is 2.29. The zero-order chi connectivity index (χ0) is 18.2. The zero-order valence-corrected chi connectivity index (χ0v) is 15.9. The number of hydrogen-bond acceptors (Lipinski definition) is 2. The summed E-state index contributed by atoms with van der Waals surface area (Å²) >= 11 is 6.15. The summed E-state index contributed by atoms with van der Waals surface area (Å²) in [6.45, 7) is 4.19. The van der Waals surface area contributed by atoms with Gasteiger partial charge >= 0.3 is 0 Å². The van der Waals surface area contributed by atoms with Crippen molar-refractivity contribution in [3.8, 4) is 0 Å². The van der Waals surface area contributed by atoms with Crippen LogP contribution in [0.3, 0.4) is 0 Å². The molecule has 1 aliphatic rings. The summed E-state index contributed by atoms with van der Waals surface area (Å²) in [4.78, 5) is 24.2. The fourth-order valence-corrected chi connectivity index (χ4v) is 3.63. The fourth-order valence-electron chi connectivity index (χ4n) is 3.43.